The van der Waals surface area contributed by atoms with E-state index in [1.54, 1.807) is 26.8 Å². The fourth-order valence-corrected chi connectivity index (χ4v) is 5.90. The second-order valence-electron chi connectivity index (χ2n) is 14.5. The molecule has 1 saturated carbocycles. The molecule has 0 radical (unpaired) electrons. The van der Waals surface area contributed by atoms with Crippen molar-refractivity contribution in [2.24, 2.45) is 22.7 Å². The van der Waals surface area contributed by atoms with Gasteiger partial charge in [0.25, 0.3) is 5.91 Å². The first-order chi connectivity index (χ1) is 20.9. The third kappa shape index (κ3) is 8.96. The minimum Gasteiger partial charge on any atom is -0.444 e. The molecular formula is C35H48N4O6. The van der Waals surface area contributed by atoms with Gasteiger partial charge in [-0.05, 0) is 68.4 Å². The van der Waals surface area contributed by atoms with E-state index in [0.717, 1.165) is 5.56 Å². The Bertz CT molecular complexity index is 1360. The first-order valence-corrected chi connectivity index (χ1v) is 15.5. The van der Waals surface area contributed by atoms with E-state index in [-0.39, 0.29) is 30.2 Å². The molecule has 0 bridgehead atoms. The summed E-state index contributed by atoms with van der Waals surface area (Å²) in [4.78, 5) is 68.2. The summed E-state index contributed by atoms with van der Waals surface area (Å²) in [6.07, 6.45) is 1.43. The van der Waals surface area contributed by atoms with Crippen molar-refractivity contribution < 1.29 is 28.7 Å². The largest absolute Gasteiger partial charge is 0.444 e. The zero-order valence-electron chi connectivity index (χ0n) is 27.8. The summed E-state index contributed by atoms with van der Waals surface area (Å²) in [6, 6.07) is 6.29. The number of likely N-dealkylation sites (tertiary alicyclic amines) is 1. The first kappa shape index (κ1) is 35.4. The molecule has 1 aliphatic heterocycles. The average molecular weight is 621 g/mol. The van der Waals surface area contributed by atoms with Crippen LogP contribution in [0.1, 0.15) is 73.8 Å². The number of carbonyl (C=O) groups excluding carboxylic acids is 5. The Labute approximate surface area is 267 Å². The first-order valence-electron chi connectivity index (χ1n) is 15.5. The molecule has 45 heavy (non-hydrogen) atoms. The van der Waals surface area contributed by atoms with Crippen LogP contribution in [-0.4, -0.2) is 71.3 Å². The van der Waals surface area contributed by atoms with Crippen molar-refractivity contribution in [3.05, 3.63) is 48.6 Å². The van der Waals surface area contributed by atoms with Gasteiger partial charge in [0, 0.05) is 12.1 Å². The van der Waals surface area contributed by atoms with E-state index in [1.807, 2.05) is 51.1 Å². The normalized spacial score (nSPS) is 21.2. The van der Waals surface area contributed by atoms with Gasteiger partial charge in [0.1, 0.15) is 17.7 Å². The maximum Gasteiger partial charge on any atom is 0.408 e. The summed E-state index contributed by atoms with van der Waals surface area (Å²) in [5.41, 5.74) is -0.864. The van der Waals surface area contributed by atoms with Crippen molar-refractivity contribution in [2.45, 2.75) is 92.0 Å². The number of alkyl carbamates (subject to hydrolysis) is 1. The van der Waals surface area contributed by atoms with Crippen LogP contribution >= 0.6 is 0 Å². The molecule has 1 saturated heterocycles. The van der Waals surface area contributed by atoms with Crippen LogP contribution in [0.3, 0.4) is 0 Å². The Morgan fingerprint density at radius 1 is 1.07 bits per heavy atom. The van der Waals surface area contributed by atoms with E-state index in [9.17, 15) is 24.0 Å². The molecule has 2 aliphatic rings. The van der Waals surface area contributed by atoms with Crippen molar-refractivity contribution in [1.82, 2.24) is 20.9 Å². The molecule has 5 atom stereocenters. The number of hydrogen-bond donors (Lipinski definition) is 3. The lowest BCUT2D eigenvalue weighted by atomic mass is 9.85. The molecule has 10 heteroatoms. The van der Waals surface area contributed by atoms with Crippen molar-refractivity contribution >= 4 is 29.6 Å². The number of ether oxygens (including phenoxy) is 1. The number of Topliss-reactive ketones (excluding diaryl/α,β-unsaturated/α-hetero) is 1. The number of allylic oxidation sites excluding steroid dienone is 1. The average Bonchev–Trinajstić information content (AvgIpc) is 3.26. The minimum atomic E-state index is -1.12. The lowest BCUT2D eigenvalue weighted by molar-refractivity contribution is -0.145. The molecule has 0 aromatic heterocycles. The molecule has 1 aliphatic carbocycles. The third-order valence-corrected chi connectivity index (χ3v) is 8.39. The Hall–Kier alpha value is -4.13. The van der Waals surface area contributed by atoms with E-state index in [4.69, 9.17) is 4.74 Å². The number of hydrogen-bond acceptors (Lipinski definition) is 6. The summed E-state index contributed by atoms with van der Waals surface area (Å²) < 4.78 is 5.42. The van der Waals surface area contributed by atoms with Gasteiger partial charge in [-0.1, -0.05) is 70.7 Å². The molecule has 3 N–H and O–H groups in total. The molecule has 244 valence electrons. The van der Waals surface area contributed by atoms with Crippen LogP contribution in [0.2, 0.25) is 0 Å². The summed E-state index contributed by atoms with van der Waals surface area (Å²) in [6.45, 7) is 18.8. The van der Waals surface area contributed by atoms with Crippen molar-refractivity contribution in [1.29, 1.82) is 0 Å². The highest BCUT2D eigenvalue weighted by Crippen LogP contribution is 2.65. The van der Waals surface area contributed by atoms with Crippen molar-refractivity contribution in [3.63, 3.8) is 0 Å². The van der Waals surface area contributed by atoms with Crippen molar-refractivity contribution in [3.8, 4) is 11.8 Å². The number of fused-ring (bicyclic) bond motifs is 1. The van der Waals surface area contributed by atoms with Gasteiger partial charge < -0.3 is 25.6 Å². The van der Waals surface area contributed by atoms with Gasteiger partial charge in [-0.25, -0.2) is 4.79 Å². The molecule has 1 aromatic rings. The summed E-state index contributed by atoms with van der Waals surface area (Å²) >= 11 is 0. The fraction of sp³-hybridized carbons (Fsp3) is 0.571. The number of rotatable bonds is 10. The molecule has 4 amide bonds. The number of nitrogens with zero attached hydrogens (tertiary/aromatic N) is 1. The number of benzene rings is 1. The predicted molar refractivity (Wildman–Crippen MR) is 172 cm³/mol. The summed E-state index contributed by atoms with van der Waals surface area (Å²) in [5, 5.41) is 8.02. The highest BCUT2D eigenvalue weighted by Gasteiger charge is 2.70. The maximum atomic E-state index is 14.1. The van der Waals surface area contributed by atoms with Crippen LogP contribution in [0.25, 0.3) is 0 Å². The maximum absolute atomic E-state index is 14.1. The Kier molecular flexibility index (Phi) is 10.9. The third-order valence-electron chi connectivity index (χ3n) is 8.39. The molecule has 0 unspecified atom stereocenters. The zero-order valence-corrected chi connectivity index (χ0v) is 27.8. The SMILES string of the molecule is C=CCC[C@H](NC(=O)[C@@H]1[C@@H]2[C@H](CN1C(=O)[C@@H](NC(=O)OC(C)(C)C)C(C)(C)C)C2(C)C)C(=O)C(=O)NCC#Cc1ccccc1. The Balaban J connectivity index is 1.77. The van der Waals surface area contributed by atoms with E-state index < -0.39 is 58.7 Å². The highest BCUT2D eigenvalue weighted by atomic mass is 16.6. The quantitative estimate of drug-likeness (QED) is 0.208. The minimum absolute atomic E-state index is 0.0384. The second kappa shape index (κ2) is 13.9. The van der Waals surface area contributed by atoms with E-state index in [1.165, 1.54) is 4.90 Å². The van der Waals surface area contributed by atoms with Crippen LogP contribution in [0.4, 0.5) is 4.79 Å². The van der Waals surface area contributed by atoms with Crippen LogP contribution in [0.15, 0.2) is 43.0 Å². The van der Waals surface area contributed by atoms with Gasteiger partial charge in [0.15, 0.2) is 0 Å². The smallest absolute Gasteiger partial charge is 0.408 e. The van der Waals surface area contributed by atoms with Gasteiger partial charge in [0.05, 0.1) is 12.6 Å². The highest BCUT2D eigenvalue weighted by molar-refractivity contribution is 6.38. The monoisotopic (exact) mass is 620 g/mol. The standard InChI is InChI=1S/C35H48N4O6/c1-10-11-19-24(27(40)30(42)36-20-15-18-22-16-13-12-14-17-22)37-29(41)26-25-23(35(25,8)9)21-39(26)31(43)28(33(2,3)4)38-32(44)45-34(5,6)7/h10,12-14,16-17,23-26,28H,1,11,19-21H2,2-9H3,(H,36,42)(H,37,41)(H,38,44)/t23-,24-,25-,26-,28+/m0/s1. The second-order valence-corrected chi connectivity index (χ2v) is 14.5. The number of piperidine rings is 1. The Morgan fingerprint density at radius 2 is 1.71 bits per heavy atom. The van der Waals surface area contributed by atoms with E-state index in [2.05, 4.69) is 48.2 Å². The number of ketones is 1. The van der Waals surface area contributed by atoms with Gasteiger partial charge in [-0.3, -0.25) is 19.2 Å². The molecule has 10 nitrogen and oxygen atoms in total. The fourth-order valence-electron chi connectivity index (χ4n) is 5.90. The number of amides is 4. The van der Waals surface area contributed by atoms with Gasteiger partial charge in [0.2, 0.25) is 17.6 Å². The molecule has 2 fully saturated rings. The molecule has 1 aromatic carbocycles. The lowest BCUT2D eigenvalue weighted by Crippen LogP contribution is -2.60. The van der Waals surface area contributed by atoms with Gasteiger partial charge in [-0.2, -0.15) is 0 Å². The number of nitrogens with one attached hydrogen (secondary N) is 3. The van der Waals surface area contributed by atoms with E-state index >= 15 is 0 Å². The van der Waals surface area contributed by atoms with Crippen molar-refractivity contribution in [2.75, 3.05) is 13.1 Å². The summed E-state index contributed by atoms with van der Waals surface area (Å²) in [7, 11) is 0. The van der Waals surface area contributed by atoms with Crippen LogP contribution in [0, 0.1) is 34.5 Å². The van der Waals surface area contributed by atoms with Gasteiger partial charge in [-0.15, -0.1) is 6.58 Å². The molecular weight excluding hydrogens is 572 g/mol. The van der Waals surface area contributed by atoms with Gasteiger partial charge >= 0.3 is 6.09 Å². The molecule has 0 spiro atoms. The molecule has 3 rings (SSSR count). The predicted octanol–water partition coefficient (Wildman–Crippen LogP) is 3.60. The lowest BCUT2D eigenvalue weighted by Gasteiger charge is -2.38. The Morgan fingerprint density at radius 3 is 2.29 bits per heavy atom. The zero-order chi connectivity index (χ0) is 33.7. The van der Waals surface area contributed by atoms with Crippen LogP contribution < -0.4 is 16.0 Å². The topological polar surface area (TPSA) is 134 Å². The summed E-state index contributed by atoms with van der Waals surface area (Å²) in [5.74, 6) is 3.11. The van der Waals surface area contributed by atoms with Crippen LogP contribution in [-0.2, 0) is 23.9 Å². The molecule has 1 heterocycles. The number of carbonyl (C=O) groups is 5. The van der Waals surface area contributed by atoms with E-state index in [0.29, 0.717) is 13.0 Å². The van der Waals surface area contributed by atoms with Crippen LogP contribution in [0.5, 0.6) is 0 Å².